The molecule has 1 heterocycles. The maximum absolute atomic E-state index is 11.7. The summed E-state index contributed by atoms with van der Waals surface area (Å²) in [5, 5.41) is 0. The van der Waals surface area contributed by atoms with Crippen molar-refractivity contribution in [1.29, 1.82) is 0 Å². The van der Waals surface area contributed by atoms with E-state index in [-0.39, 0.29) is 47.5 Å². The summed E-state index contributed by atoms with van der Waals surface area (Å²) >= 11 is 0. The normalized spacial score (nSPS) is 9.61. The first-order chi connectivity index (χ1) is 16.1. The quantitative estimate of drug-likeness (QED) is 0.256. The van der Waals surface area contributed by atoms with Crippen LogP contribution in [-0.2, 0) is 14.4 Å². The summed E-state index contributed by atoms with van der Waals surface area (Å²) in [6, 6.07) is 11.8. The number of ether oxygens (including phenoxy) is 5. The van der Waals surface area contributed by atoms with Crippen LogP contribution in [0.1, 0.15) is 13.3 Å². The van der Waals surface area contributed by atoms with Gasteiger partial charge in [-0.1, -0.05) is 31.2 Å². The lowest BCUT2D eigenvalue weighted by Crippen LogP contribution is -2.10. The van der Waals surface area contributed by atoms with E-state index in [2.05, 4.69) is 15.0 Å². The van der Waals surface area contributed by atoms with Gasteiger partial charge in [0.15, 0.2) is 47.4 Å². The molecule has 0 amide bonds. The highest BCUT2D eigenvalue weighted by molar-refractivity contribution is 5.71. The van der Waals surface area contributed by atoms with Crippen molar-refractivity contribution in [2.45, 2.75) is 13.3 Å². The molecule has 0 atom stereocenters. The maximum atomic E-state index is 11.7. The Balaban J connectivity index is 1.96. The lowest BCUT2D eigenvalue weighted by molar-refractivity contribution is -0.134. The Morgan fingerprint density at radius 3 is 1.61 bits per heavy atom. The van der Waals surface area contributed by atoms with Crippen molar-refractivity contribution in [2.24, 2.45) is 0 Å². The average Bonchev–Trinajstić information content (AvgIpc) is 2.82. The summed E-state index contributed by atoms with van der Waals surface area (Å²) in [6.07, 6.45) is 1.69. The number of nitrogens with zero attached hydrogens (tertiary/aromatic N) is 3. The Hall–Kier alpha value is -4.98. The molecule has 0 fully saturated rings. The summed E-state index contributed by atoms with van der Waals surface area (Å²) in [4.78, 5) is 44.6. The first kappa shape index (κ1) is 22.7. The molecule has 0 radical (unpaired) electrons. The van der Waals surface area contributed by atoms with Gasteiger partial charge in [0.25, 0.3) is 0 Å². The third-order valence-corrected chi connectivity index (χ3v) is 3.64. The van der Waals surface area contributed by atoms with E-state index in [1.165, 1.54) is 36.1 Å². The van der Waals surface area contributed by atoms with Gasteiger partial charge in [0.05, 0.1) is 0 Å². The van der Waals surface area contributed by atoms with Crippen LogP contribution in [0.3, 0.4) is 0 Å². The molecule has 0 spiro atoms. The fourth-order valence-corrected chi connectivity index (χ4v) is 2.27. The number of benzene rings is 2. The molecule has 11 heteroatoms. The van der Waals surface area contributed by atoms with Crippen LogP contribution < -0.4 is 23.7 Å². The second-order valence-electron chi connectivity index (χ2n) is 5.82. The Bertz CT molecular complexity index is 1150. The number of hydrogen-bond acceptors (Lipinski definition) is 11. The lowest BCUT2D eigenvalue weighted by Gasteiger charge is -2.11. The SMILES string of the molecule is CCC(=O)Oc1nc(Oc2ccccc2OC=C=O)nc(Oc2ccccc2OC=C=O)n1. The minimum Gasteiger partial charge on any atom is -0.449 e. The van der Waals surface area contributed by atoms with E-state index >= 15 is 0 Å². The molecule has 33 heavy (non-hydrogen) atoms. The Morgan fingerprint density at radius 1 is 0.758 bits per heavy atom. The van der Waals surface area contributed by atoms with Crippen molar-refractivity contribution >= 4 is 17.9 Å². The van der Waals surface area contributed by atoms with E-state index in [1.807, 2.05) is 0 Å². The Labute approximate surface area is 186 Å². The van der Waals surface area contributed by atoms with E-state index in [9.17, 15) is 14.4 Å². The monoisotopic (exact) mass is 449 g/mol. The number of carbonyl (C=O) groups is 1. The molecule has 0 aliphatic rings. The van der Waals surface area contributed by atoms with E-state index < -0.39 is 5.97 Å². The second kappa shape index (κ2) is 11.4. The standard InChI is InChI=1S/C22H15N3O8/c1-2-19(28)33-22-24-20(31-17-9-5-3-7-15(17)29-13-11-26)23-21(25-22)32-18-10-6-4-8-16(18)30-14-12-27/h3-10,13-14H,2H2,1H3. The molecular weight excluding hydrogens is 434 g/mol. The van der Waals surface area contributed by atoms with E-state index in [0.29, 0.717) is 0 Å². The zero-order valence-corrected chi connectivity index (χ0v) is 17.1. The summed E-state index contributed by atoms with van der Waals surface area (Å²) in [6.45, 7) is 1.60. The summed E-state index contributed by atoms with van der Waals surface area (Å²) < 4.78 is 26.6. The topological polar surface area (TPSA) is 136 Å². The molecule has 2 aromatic carbocycles. The van der Waals surface area contributed by atoms with Crippen molar-refractivity contribution in [3.8, 4) is 41.0 Å². The van der Waals surface area contributed by atoms with Crippen molar-refractivity contribution in [1.82, 2.24) is 15.0 Å². The highest BCUT2D eigenvalue weighted by Crippen LogP contribution is 2.33. The summed E-state index contributed by atoms with van der Waals surface area (Å²) in [7, 11) is 0. The van der Waals surface area contributed by atoms with Gasteiger partial charge >= 0.3 is 24.0 Å². The average molecular weight is 449 g/mol. The van der Waals surface area contributed by atoms with Crippen LogP contribution >= 0.6 is 0 Å². The number of esters is 1. The predicted octanol–water partition coefficient (Wildman–Crippen LogP) is 3.22. The highest BCUT2D eigenvalue weighted by Gasteiger charge is 2.17. The number of carbonyl (C=O) groups excluding carboxylic acids is 3. The molecule has 166 valence electrons. The van der Waals surface area contributed by atoms with Crippen LogP contribution in [0.15, 0.2) is 61.1 Å². The van der Waals surface area contributed by atoms with Gasteiger partial charge in [0.2, 0.25) is 0 Å². The molecule has 0 bridgehead atoms. The molecule has 0 saturated carbocycles. The van der Waals surface area contributed by atoms with Gasteiger partial charge in [-0.05, 0) is 24.3 Å². The molecule has 1 aromatic heterocycles. The lowest BCUT2D eigenvalue weighted by atomic mass is 10.3. The second-order valence-corrected chi connectivity index (χ2v) is 5.82. The van der Waals surface area contributed by atoms with Gasteiger partial charge < -0.3 is 23.7 Å². The van der Waals surface area contributed by atoms with Crippen LogP contribution in [0.25, 0.3) is 0 Å². The van der Waals surface area contributed by atoms with E-state index in [1.54, 1.807) is 31.2 Å². The van der Waals surface area contributed by atoms with Gasteiger partial charge in [-0.25, -0.2) is 9.59 Å². The molecule has 0 aliphatic carbocycles. The van der Waals surface area contributed by atoms with E-state index in [0.717, 1.165) is 12.5 Å². The van der Waals surface area contributed by atoms with Crippen LogP contribution in [0.4, 0.5) is 0 Å². The number of hydrogen-bond donors (Lipinski definition) is 0. The zero-order valence-electron chi connectivity index (χ0n) is 17.1. The Morgan fingerprint density at radius 2 is 1.18 bits per heavy atom. The van der Waals surface area contributed by atoms with Gasteiger partial charge in [-0.15, -0.1) is 15.0 Å². The van der Waals surface area contributed by atoms with Crippen molar-refractivity contribution in [2.75, 3.05) is 0 Å². The molecule has 0 aliphatic heterocycles. The minimum absolute atomic E-state index is 0.0709. The fraction of sp³-hybridized carbons (Fsp3) is 0.0909. The van der Waals surface area contributed by atoms with Crippen molar-refractivity contribution in [3.63, 3.8) is 0 Å². The van der Waals surface area contributed by atoms with Crippen LogP contribution in [-0.4, -0.2) is 32.8 Å². The third kappa shape index (κ3) is 6.50. The number of rotatable bonds is 10. The molecule has 11 nitrogen and oxygen atoms in total. The largest absolute Gasteiger partial charge is 0.449 e. The molecule has 0 saturated heterocycles. The van der Waals surface area contributed by atoms with Crippen LogP contribution in [0.5, 0.6) is 41.0 Å². The molecular formula is C22H15N3O8. The third-order valence-electron chi connectivity index (χ3n) is 3.64. The molecule has 0 unspecified atom stereocenters. The molecule has 0 N–H and O–H groups in total. The first-order valence-corrected chi connectivity index (χ1v) is 9.35. The van der Waals surface area contributed by atoms with Crippen molar-refractivity contribution < 1.29 is 38.1 Å². The molecule has 3 rings (SSSR count). The minimum atomic E-state index is -0.599. The Kier molecular flexibility index (Phi) is 7.86. The summed E-state index contributed by atoms with van der Waals surface area (Å²) in [5.74, 6) is 3.03. The van der Waals surface area contributed by atoms with Gasteiger partial charge in [0, 0.05) is 6.42 Å². The zero-order chi connectivity index (χ0) is 23.5. The van der Waals surface area contributed by atoms with Gasteiger partial charge in [0.1, 0.15) is 0 Å². The highest BCUT2D eigenvalue weighted by atomic mass is 16.6. The fourth-order valence-electron chi connectivity index (χ4n) is 2.27. The van der Waals surface area contributed by atoms with E-state index in [4.69, 9.17) is 23.7 Å². The smallest absolute Gasteiger partial charge is 0.333 e. The summed E-state index contributed by atoms with van der Waals surface area (Å²) in [5.41, 5.74) is 0. The van der Waals surface area contributed by atoms with Gasteiger partial charge in [-0.2, -0.15) is 0 Å². The van der Waals surface area contributed by atoms with Crippen LogP contribution in [0, 0.1) is 0 Å². The first-order valence-electron chi connectivity index (χ1n) is 9.35. The number of aromatic nitrogens is 3. The number of para-hydroxylation sites is 4. The van der Waals surface area contributed by atoms with Crippen LogP contribution in [0.2, 0.25) is 0 Å². The molecule has 3 aromatic rings. The maximum Gasteiger partial charge on any atom is 0.333 e. The van der Waals surface area contributed by atoms with Gasteiger partial charge in [-0.3, -0.25) is 4.79 Å². The van der Waals surface area contributed by atoms with Crippen molar-refractivity contribution in [3.05, 3.63) is 61.1 Å². The predicted molar refractivity (Wildman–Crippen MR) is 111 cm³/mol.